The van der Waals surface area contributed by atoms with Crippen LogP contribution in [0, 0.1) is 4.77 Å². The molecule has 2 fully saturated rings. The smallest absolute Gasteiger partial charge is 0.243 e. The molecule has 0 radical (unpaired) electrons. The van der Waals surface area contributed by atoms with Crippen LogP contribution < -0.4 is 5.32 Å². The number of hydrogen-bond donors (Lipinski definition) is 2. The molecule has 2 aromatic rings. The van der Waals surface area contributed by atoms with Crippen LogP contribution in [0.2, 0.25) is 0 Å². The van der Waals surface area contributed by atoms with Crippen LogP contribution in [0.25, 0.3) is 10.7 Å². The van der Waals surface area contributed by atoms with Crippen LogP contribution in [0.15, 0.2) is 17.5 Å². The molecule has 2 saturated heterocycles. The fourth-order valence-electron chi connectivity index (χ4n) is 3.45. The van der Waals surface area contributed by atoms with Gasteiger partial charge in [-0.3, -0.25) is 14.5 Å². The van der Waals surface area contributed by atoms with Crippen LogP contribution in [0.4, 0.5) is 0 Å². The quantitative estimate of drug-likeness (QED) is 0.832. The Morgan fingerprint density at radius 3 is 3.13 bits per heavy atom. The molecule has 0 unspecified atom stereocenters. The van der Waals surface area contributed by atoms with E-state index in [4.69, 9.17) is 17.0 Å². The number of aromatic nitrogens is 3. The van der Waals surface area contributed by atoms with Crippen LogP contribution in [-0.2, 0) is 9.53 Å². The first-order valence-corrected chi connectivity index (χ1v) is 9.09. The van der Waals surface area contributed by atoms with Gasteiger partial charge in [0, 0.05) is 0 Å². The number of rotatable bonds is 4. The number of carbonyl (C=O) groups is 1. The summed E-state index contributed by atoms with van der Waals surface area (Å²) in [6.45, 7) is 1.85. The molecule has 0 saturated carbocycles. The highest BCUT2D eigenvalue weighted by atomic mass is 32.1. The molecule has 4 rings (SSSR count). The Kier molecular flexibility index (Phi) is 3.82. The van der Waals surface area contributed by atoms with Gasteiger partial charge in [0.15, 0.2) is 10.6 Å². The highest BCUT2D eigenvalue weighted by molar-refractivity contribution is 7.71. The van der Waals surface area contributed by atoms with Gasteiger partial charge in [-0.15, -0.1) is 11.3 Å². The van der Waals surface area contributed by atoms with E-state index in [-0.39, 0.29) is 18.1 Å². The van der Waals surface area contributed by atoms with E-state index in [0.717, 1.165) is 24.1 Å². The molecular weight excluding hydrogens is 332 g/mol. The van der Waals surface area contributed by atoms with Gasteiger partial charge >= 0.3 is 0 Å². The minimum atomic E-state index is -0.419. The Labute approximate surface area is 142 Å². The Hall–Kier alpha value is -1.51. The maximum Gasteiger partial charge on any atom is 0.243 e. The molecule has 0 aliphatic carbocycles. The molecule has 2 bridgehead atoms. The molecule has 1 amide bonds. The first-order valence-electron chi connectivity index (χ1n) is 7.80. The number of carbonyl (C=O) groups excluding carboxylic acids is 1. The fraction of sp³-hybridized carbons (Fsp3) is 0.533. The van der Waals surface area contributed by atoms with Gasteiger partial charge in [-0.05, 0) is 49.9 Å². The Morgan fingerprint density at radius 1 is 1.61 bits per heavy atom. The van der Waals surface area contributed by atoms with E-state index in [2.05, 4.69) is 15.5 Å². The van der Waals surface area contributed by atoms with Gasteiger partial charge in [0.2, 0.25) is 5.91 Å². The third-order valence-electron chi connectivity index (χ3n) is 4.65. The van der Waals surface area contributed by atoms with E-state index in [0.29, 0.717) is 16.7 Å². The zero-order chi connectivity index (χ0) is 16.0. The second kappa shape index (κ2) is 5.85. The molecule has 23 heavy (non-hydrogen) atoms. The van der Waals surface area contributed by atoms with Crippen molar-refractivity contribution in [3.8, 4) is 10.7 Å². The summed E-state index contributed by atoms with van der Waals surface area (Å²) >= 11 is 6.90. The lowest BCUT2D eigenvalue weighted by Gasteiger charge is -2.23. The summed E-state index contributed by atoms with van der Waals surface area (Å²) in [5.74, 6) is 0.665. The largest absolute Gasteiger partial charge is 0.373 e. The van der Waals surface area contributed by atoms with E-state index < -0.39 is 6.04 Å². The maximum atomic E-state index is 12.7. The van der Waals surface area contributed by atoms with Crippen LogP contribution >= 0.6 is 23.6 Å². The summed E-state index contributed by atoms with van der Waals surface area (Å²) in [4.78, 5) is 13.7. The number of fused-ring (bicyclic) bond motifs is 2. The lowest BCUT2D eigenvalue weighted by Crippen LogP contribution is -2.44. The number of aromatic amines is 1. The van der Waals surface area contributed by atoms with E-state index in [1.807, 2.05) is 24.4 Å². The highest BCUT2D eigenvalue weighted by Crippen LogP contribution is 2.34. The average molecular weight is 350 g/mol. The molecular formula is C15H18N4O2S2. The molecule has 122 valence electrons. The SMILES string of the molecule is C[C@@H](C(=O)N[C@H]1C[C@H]2CC[C@H]1O2)n1c(-c2cccs2)n[nH]c1=S. The standard InChI is InChI=1S/C15H18N4O2S2/c1-8(14(20)16-10-7-9-4-5-11(10)21-9)19-13(17-18-15(19)22)12-3-2-6-23-12/h2-3,6,8-11H,4-5,7H2,1H3,(H,16,20)(H,18,22)/t8-,9+,10-,11+/m0/s1. The van der Waals surface area contributed by atoms with Crippen molar-refractivity contribution >= 4 is 29.5 Å². The molecule has 2 aromatic heterocycles. The van der Waals surface area contributed by atoms with Gasteiger partial charge in [-0.25, -0.2) is 0 Å². The van der Waals surface area contributed by atoms with Gasteiger partial charge in [0.05, 0.1) is 23.1 Å². The molecule has 0 spiro atoms. The molecule has 8 heteroatoms. The first-order chi connectivity index (χ1) is 11.1. The summed E-state index contributed by atoms with van der Waals surface area (Å²) in [7, 11) is 0. The number of hydrogen-bond acceptors (Lipinski definition) is 5. The number of ether oxygens (including phenoxy) is 1. The lowest BCUT2D eigenvalue weighted by atomic mass is 9.95. The number of nitrogens with zero attached hydrogens (tertiary/aromatic N) is 2. The summed E-state index contributed by atoms with van der Waals surface area (Å²) in [6.07, 6.45) is 3.55. The molecule has 4 atom stereocenters. The minimum absolute atomic E-state index is 0.0403. The third kappa shape index (κ3) is 2.64. The predicted molar refractivity (Wildman–Crippen MR) is 89.9 cm³/mol. The van der Waals surface area contributed by atoms with Crippen molar-refractivity contribution in [2.24, 2.45) is 0 Å². The second-order valence-electron chi connectivity index (χ2n) is 6.10. The van der Waals surface area contributed by atoms with E-state index in [9.17, 15) is 4.79 Å². The van der Waals surface area contributed by atoms with Crippen molar-refractivity contribution in [1.29, 1.82) is 0 Å². The molecule has 0 aromatic carbocycles. The number of nitrogens with one attached hydrogen (secondary N) is 2. The summed E-state index contributed by atoms with van der Waals surface area (Å²) in [5.41, 5.74) is 0. The van der Waals surface area contributed by atoms with Gasteiger partial charge in [-0.2, -0.15) is 5.10 Å². The summed E-state index contributed by atoms with van der Waals surface area (Å²) < 4.78 is 8.04. The van der Waals surface area contributed by atoms with E-state index >= 15 is 0 Å². The third-order valence-corrected chi connectivity index (χ3v) is 5.80. The zero-order valence-electron chi connectivity index (χ0n) is 12.7. The van der Waals surface area contributed by atoms with Crippen LogP contribution in [-0.4, -0.2) is 38.9 Å². The first kappa shape index (κ1) is 15.0. The van der Waals surface area contributed by atoms with Crippen molar-refractivity contribution in [1.82, 2.24) is 20.1 Å². The van der Waals surface area contributed by atoms with E-state index in [1.54, 1.807) is 15.9 Å². The van der Waals surface area contributed by atoms with Gasteiger partial charge < -0.3 is 10.1 Å². The normalized spacial score (nSPS) is 27.3. The van der Waals surface area contributed by atoms with Crippen molar-refractivity contribution in [3.63, 3.8) is 0 Å². The van der Waals surface area contributed by atoms with E-state index in [1.165, 1.54) is 0 Å². The van der Waals surface area contributed by atoms with Crippen LogP contribution in [0.3, 0.4) is 0 Å². The van der Waals surface area contributed by atoms with Crippen molar-refractivity contribution in [3.05, 3.63) is 22.3 Å². The zero-order valence-corrected chi connectivity index (χ0v) is 14.3. The van der Waals surface area contributed by atoms with Crippen LogP contribution in [0.1, 0.15) is 32.2 Å². The Balaban J connectivity index is 1.55. The maximum absolute atomic E-state index is 12.7. The molecule has 2 aliphatic heterocycles. The fourth-order valence-corrected chi connectivity index (χ4v) is 4.45. The Bertz CT molecular complexity index is 767. The van der Waals surface area contributed by atoms with Gasteiger partial charge in [-0.1, -0.05) is 6.07 Å². The highest BCUT2D eigenvalue weighted by Gasteiger charge is 2.42. The van der Waals surface area contributed by atoms with Crippen molar-refractivity contribution in [2.75, 3.05) is 0 Å². The number of amides is 1. The topological polar surface area (TPSA) is 71.9 Å². The Morgan fingerprint density at radius 2 is 2.48 bits per heavy atom. The molecule has 6 nitrogen and oxygen atoms in total. The molecule has 2 N–H and O–H groups in total. The number of H-pyrrole nitrogens is 1. The summed E-state index contributed by atoms with van der Waals surface area (Å²) in [6, 6.07) is 3.63. The average Bonchev–Trinajstić information content (AvgIpc) is 3.30. The van der Waals surface area contributed by atoms with Gasteiger partial charge in [0.1, 0.15) is 6.04 Å². The van der Waals surface area contributed by atoms with Crippen molar-refractivity contribution in [2.45, 2.75) is 50.5 Å². The van der Waals surface area contributed by atoms with Crippen molar-refractivity contribution < 1.29 is 9.53 Å². The number of thiophene rings is 1. The van der Waals surface area contributed by atoms with Crippen LogP contribution in [0.5, 0.6) is 0 Å². The minimum Gasteiger partial charge on any atom is -0.373 e. The monoisotopic (exact) mass is 350 g/mol. The molecule has 4 heterocycles. The predicted octanol–water partition coefficient (Wildman–Crippen LogP) is 2.67. The molecule has 2 aliphatic rings. The lowest BCUT2D eigenvalue weighted by molar-refractivity contribution is -0.125. The summed E-state index contributed by atoms with van der Waals surface area (Å²) in [5, 5.41) is 12.2. The van der Waals surface area contributed by atoms with Gasteiger partial charge in [0.25, 0.3) is 0 Å². The second-order valence-corrected chi connectivity index (χ2v) is 7.43.